The topological polar surface area (TPSA) is 68.0 Å². The Hall–Kier alpha value is -1.29. The highest BCUT2D eigenvalue weighted by atomic mass is 35.5. The number of nitrogens with one attached hydrogen (secondary N) is 1. The van der Waals surface area contributed by atoms with E-state index in [4.69, 9.17) is 5.73 Å². The lowest BCUT2D eigenvalue weighted by Gasteiger charge is -2.54. The number of amides is 1. The number of hydrogen-bond donors (Lipinski definition) is 2. The maximum absolute atomic E-state index is 12.3. The van der Waals surface area contributed by atoms with E-state index in [1.54, 1.807) is 12.3 Å². The number of nitrogen functional groups attached to an aromatic ring is 1. The molecule has 0 unspecified atom stereocenters. The molecule has 0 aromatic carbocycles. The van der Waals surface area contributed by atoms with Gasteiger partial charge in [0.25, 0.3) is 0 Å². The first-order chi connectivity index (χ1) is 10.2. The van der Waals surface area contributed by atoms with E-state index in [-0.39, 0.29) is 18.3 Å². The first-order valence-electron chi connectivity index (χ1n) is 8.17. The van der Waals surface area contributed by atoms with Gasteiger partial charge in [-0.2, -0.15) is 0 Å². The molecule has 5 rings (SSSR count). The third kappa shape index (κ3) is 2.94. The maximum Gasteiger partial charge on any atom is 0.226 e. The zero-order chi connectivity index (χ0) is 14.4. The van der Waals surface area contributed by atoms with E-state index in [2.05, 4.69) is 10.3 Å². The van der Waals surface area contributed by atoms with Crippen LogP contribution in [0.4, 0.5) is 5.69 Å². The van der Waals surface area contributed by atoms with Gasteiger partial charge in [0.1, 0.15) is 0 Å². The van der Waals surface area contributed by atoms with Crippen molar-refractivity contribution < 1.29 is 4.79 Å². The van der Waals surface area contributed by atoms with Crippen LogP contribution in [0.2, 0.25) is 0 Å². The van der Waals surface area contributed by atoms with Crippen molar-refractivity contribution in [1.82, 2.24) is 10.3 Å². The van der Waals surface area contributed by atoms with Gasteiger partial charge in [-0.1, -0.05) is 0 Å². The Balaban J connectivity index is 0.00000144. The summed E-state index contributed by atoms with van der Waals surface area (Å²) in [5.74, 6) is 3.46. The summed E-state index contributed by atoms with van der Waals surface area (Å²) >= 11 is 0. The van der Waals surface area contributed by atoms with Crippen molar-refractivity contribution in [3.8, 4) is 0 Å². The normalized spacial score (nSPS) is 35.0. The number of halogens is 1. The standard InChI is InChI=1S/C17H23N3O.ClH/c18-14-1-2-15(19-9-14)8-16(21)20-17-12-4-10-3-11(6-12)7-13(17)5-10;/h1-2,9-13,17H,3-8,18H2,(H,20,21);1H. The number of rotatable bonds is 3. The molecule has 0 saturated heterocycles. The lowest BCUT2D eigenvalue weighted by molar-refractivity contribution is -0.124. The van der Waals surface area contributed by atoms with E-state index < -0.39 is 0 Å². The second-order valence-electron chi connectivity index (χ2n) is 7.28. The SMILES string of the molecule is Cl.Nc1ccc(CC(=O)NC2C3CC4CC(C3)CC2C4)nc1. The fraction of sp³-hybridized carbons (Fsp3) is 0.647. The van der Waals surface area contributed by atoms with Crippen LogP contribution in [0.1, 0.15) is 37.8 Å². The van der Waals surface area contributed by atoms with Crippen LogP contribution in [0, 0.1) is 23.7 Å². The molecule has 4 aliphatic rings. The number of nitrogens with zero attached hydrogens (tertiary/aromatic N) is 1. The minimum Gasteiger partial charge on any atom is -0.397 e. The summed E-state index contributed by atoms with van der Waals surface area (Å²) in [5, 5.41) is 3.31. The van der Waals surface area contributed by atoms with Gasteiger partial charge >= 0.3 is 0 Å². The van der Waals surface area contributed by atoms with Crippen molar-refractivity contribution in [3.05, 3.63) is 24.0 Å². The zero-order valence-corrected chi connectivity index (χ0v) is 13.5. The van der Waals surface area contributed by atoms with Gasteiger partial charge < -0.3 is 11.1 Å². The molecule has 1 aromatic heterocycles. The fourth-order valence-electron chi connectivity index (χ4n) is 5.10. The molecule has 1 heterocycles. The first-order valence-corrected chi connectivity index (χ1v) is 8.17. The van der Waals surface area contributed by atoms with Crippen LogP contribution >= 0.6 is 12.4 Å². The van der Waals surface area contributed by atoms with Gasteiger partial charge in [-0.15, -0.1) is 12.4 Å². The van der Waals surface area contributed by atoms with Gasteiger partial charge in [-0.25, -0.2) is 0 Å². The average Bonchev–Trinajstić information content (AvgIpc) is 2.45. The van der Waals surface area contributed by atoms with Crippen LogP contribution in [0.15, 0.2) is 18.3 Å². The Morgan fingerprint density at radius 1 is 1.14 bits per heavy atom. The molecule has 120 valence electrons. The van der Waals surface area contributed by atoms with Crippen LogP contribution in [0.25, 0.3) is 0 Å². The van der Waals surface area contributed by atoms with E-state index in [9.17, 15) is 4.79 Å². The van der Waals surface area contributed by atoms with Gasteiger partial charge in [0.05, 0.1) is 18.3 Å². The fourth-order valence-corrected chi connectivity index (χ4v) is 5.10. The van der Waals surface area contributed by atoms with E-state index in [0.29, 0.717) is 18.2 Å². The molecule has 0 spiro atoms. The summed E-state index contributed by atoms with van der Waals surface area (Å²) < 4.78 is 0. The van der Waals surface area contributed by atoms with Crippen LogP contribution < -0.4 is 11.1 Å². The second-order valence-corrected chi connectivity index (χ2v) is 7.28. The molecule has 1 aromatic rings. The molecule has 22 heavy (non-hydrogen) atoms. The molecule has 5 heteroatoms. The van der Waals surface area contributed by atoms with Crippen LogP contribution in [-0.4, -0.2) is 16.9 Å². The predicted molar refractivity (Wildman–Crippen MR) is 88.6 cm³/mol. The summed E-state index contributed by atoms with van der Waals surface area (Å²) in [6.07, 6.45) is 8.75. The van der Waals surface area contributed by atoms with Gasteiger partial charge in [-0.3, -0.25) is 9.78 Å². The highest BCUT2D eigenvalue weighted by molar-refractivity contribution is 5.85. The van der Waals surface area contributed by atoms with Gasteiger partial charge in [0, 0.05) is 11.7 Å². The highest BCUT2D eigenvalue weighted by Crippen LogP contribution is 2.53. The number of carbonyl (C=O) groups excluding carboxylic acids is 1. The predicted octanol–water partition coefficient (Wildman–Crippen LogP) is 2.57. The van der Waals surface area contributed by atoms with Gasteiger partial charge in [0.15, 0.2) is 0 Å². The third-order valence-electron chi connectivity index (χ3n) is 5.74. The summed E-state index contributed by atoms with van der Waals surface area (Å²) in [6.45, 7) is 0. The average molecular weight is 322 g/mol. The van der Waals surface area contributed by atoms with Crippen molar-refractivity contribution in [2.75, 3.05) is 5.73 Å². The molecule has 0 aliphatic heterocycles. The van der Waals surface area contributed by atoms with Crippen LogP contribution in [0.3, 0.4) is 0 Å². The van der Waals surface area contributed by atoms with E-state index in [1.807, 2.05) is 6.07 Å². The lowest BCUT2D eigenvalue weighted by atomic mass is 9.54. The number of carbonyl (C=O) groups is 1. The van der Waals surface area contributed by atoms with Crippen molar-refractivity contribution in [1.29, 1.82) is 0 Å². The van der Waals surface area contributed by atoms with Gasteiger partial charge in [-0.05, 0) is 67.9 Å². The number of nitrogens with two attached hydrogens (primary N) is 1. The maximum atomic E-state index is 12.3. The van der Waals surface area contributed by atoms with Crippen molar-refractivity contribution in [2.45, 2.75) is 44.6 Å². The Morgan fingerprint density at radius 3 is 2.32 bits per heavy atom. The largest absolute Gasteiger partial charge is 0.397 e. The molecule has 0 atom stereocenters. The Kier molecular flexibility index (Phi) is 4.31. The number of hydrogen-bond acceptors (Lipinski definition) is 3. The summed E-state index contributed by atoms with van der Waals surface area (Å²) in [6, 6.07) is 4.06. The molecule has 4 fully saturated rings. The Bertz CT molecular complexity index is 517. The van der Waals surface area contributed by atoms with Crippen LogP contribution in [-0.2, 0) is 11.2 Å². The molecule has 3 N–H and O–H groups in total. The second kappa shape index (κ2) is 6.07. The molecule has 4 bridgehead atoms. The Morgan fingerprint density at radius 2 is 1.77 bits per heavy atom. The minimum atomic E-state index is 0. The molecular formula is C17H24ClN3O. The van der Waals surface area contributed by atoms with Crippen LogP contribution in [0.5, 0.6) is 0 Å². The van der Waals surface area contributed by atoms with Gasteiger partial charge in [0.2, 0.25) is 5.91 Å². The molecule has 4 aliphatic carbocycles. The van der Waals surface area contributed by atoms with E-state index >= 15 is 0 Å². The number of aromatic nitrogens is 1. The minimum absolute atomic E-state index is 0. The van der Waals surface area contributed by atoms with E-state index in [1.165, 1.54) is 32.1 Å². The molecule has 0 radical (unpaired) electrons. The number of anilines is 1. The molecule has 1 amide bonds. The molecule has 4 nitrogen and oxygen atoms in total. The zero-order valence-electron chi connectivity index (χ0n) is 12.7. The monoisotopic (exact) mass is 321 g/mol. The summed E-state index contributed by atoms with van der Waals surface area (Å²) in [4.78, 5) is 16.5. The Labute approximate surface area is 137 Å². The number of pyridine rings is 1. The van der Waals surface area contributed by atoms with Crippen molar-refractivity contribution in [3.63, 3.8) is 0 Å². The van der Waals surface area contributed by atoms with Crippen molar-refractivity contribution >= 4 is 24.0 Å². The highest BCUT2D eigenvalue weighted by Gasteiger charge is 2.48. The third-order valence-corrected chi connectivity index (χ3v) is 5.74. The van der Waals surface area contributed by atoms with Crippen molar-refractivity contribution in [2.24, 2.45) is 23.7 Å². The lowest BCUT2D eigenvalue weighted by Crippen LogP contribution is -2.56. The molecular weight excluding hydrogens is 298 g/mol. The van der Waals surface area contributed by atoms with E-state index in [0.717, 1.165) is 29.4 Å². The first kappa shape index (κ1) is 15.6. The summed E-state index contributed by atoms with van der Waals surface area (Å²) in [5.41, 5.74) is 7.06. The summed E-state index contributed by atoms with van der Waals surface area (Å²) in [7, 11) is 0. The smallest absolute Gasteiger partial charge is 0.226 e. The molecule has 4 saturated carbocycles. The quantitative estimate of drug-likeness (QED) is 0.899.